The lowest BCUT2D eigenvalue weighted by atomic mass is 9.85. The summed E-state index contributed by atoms with van der Waals surface area (Å²) in [7, 11) is 1.73. The Bertz CT molecular complexity index is 408. The Balaban J connectivity index is 1.99. The molecule has 1 N–H and O–H groups in total. The molecule has 0 saturated heterocycles. The number of ether oxygens (including phenoxy) is 1. The molecule has 2 rings (SSSR count). The standard InChI is InChI=1S/C16H24ClNO/c1-12-7-8-16(19-2)14(9-12)11-18-15-6-4-3-5-13(15)10-17/h7-9,13,15,18H,3-6,10-11H2,1-2H3. The Labute approximate surface area is 121 Å². The molecule has 0 radical (unpaired) electrons. The van der Waals surface area contributed by atoms with Crippen molar-refractivity contribution in [1.82, 2.24) is 5.32 Å². The van der Waals surface area contributed by atoms with Gasteiger partial charge in [-0.1, -0.05) is 30.5 Å². The van der Waals surface area contributed by atoms with Gasteiger partial charge in [-0.2, -0.15) is 0 Å². The Morgan fingerprint density at radius 2 is 2.11 bits per heavy atom. The van der Waals surface area contributed by atoms with E-state index in [4.69, 9.17) is 16.3 Å². The minimum atomic E-state index is 0.552. The number of aryl methyl sites for hydroxylation is 1. The van der Waals surface area contributed by atoms with E-state index in [1.807, 2.05) is 6.07 Å². The highest BCUT2D eigenvalue weighted by Gasteiger charge is 2.23. The van der Waals surface area contributed by atoms with Crippen LogP contribution in [-0.2, 0) is 6.54 Å². The number of nitrogens with one attached hydrogen (secondary N) is 1. The van der Waals surface area contributed by atoms with Crippen LogP contribution in [0.3, 0.4) is 0 Å². The lowest BCUT2D eigenvalue weighted by molar-refractivity contribution is 0.281. The zero-order chi connectivity index (χ0) is 13.7. The molecular formula is C16H24ClNO. The second-order valence-corrected chi connectivity index (χ2v) is 5.81. The molecule has 0 aromatic heterocycles. The predicted octanol–water partition coefficient (Wildman–Crippen LogP) is 3.89. The number of methoxy groups -OCH3 is 1. The van der Waals surface area contributed by atoms with E-state index in [0.717, 1.165) is 18.2 Å². The van der Waals surface area contributed by atoms with Crippen LogP contribution in [-0.4, -0.2) is 19.0 Å². The first kappa shape index (κ1) is 14.7. The van der Waals surface area contributed by atoms with Crippen molar-refractivity contribution in [3.8, 4) is 5.75 Å². The van der Waals surface area contributed by atoms with Crippen LogP contribution < -0.4 is 10.1 Å². The second-order valence-electron chi connectivity index (χ2n) is 5.50. The molecule has 0 aliphatic heterocycles. The molecule has 1 fully saturated rings. The monoisotopic (exact) mass is 281 g/mol. The molecule has 0 spiro atoms. The molecule has 106 valence electrons. The van der Waals surface area contributed by atoms with Gasteiger partial charge in [0.05, 0.1) is 7.11 Å². The highest BCUT2D eigenvalue weighted by atomic mass is 35.5. The van der Waals surface area contributed by atoms with Gasteiger partial charge in [0.2, 0.25) is 0 Å². The number of hydrogen-bond donors (Lipinski definition) is 1. The third kappa shape index (κ3) is 3.87. The molecule has 1 aromatic carbocycles. The number of halogens is 1. The summed E-state index contributed by atoms with van der Waals surface area (Å²) < 4.78 is 5.43. The third-order valence-electron chi connectivity index (χ3n) is 4.10. The van der Waals surface area contributed by atoms with E-state index in [9.17, 15) is 0 Å². The van der Waals surface area contributed by atoms with Crippen molar-refractivity contribution in [3.05, 3.63) is 29.3 Å². The summed E-state index contributed by atoms with van der Waals surface area (Å²) in [5, 5.41) is 3.68. The van der Waals surface area contributed by atoms with E-state index >= 15 is 0 Å². The quantitative estimate of drug-likeness (QED) is 0.827. The summed E-state index contributed by atoms with van der Waals surface area (Å²) >= 11 is 6.08. The van der Waals surface area contributed by atoms with Crippen molar-refractivity contribution in [2.24, 2.45) is 5.92 Å². The van der Waals surface area contributed by atoms with Crippen molar-refractivity contribution in [3.63, 3.8) is 0 Å². The predicted molar refractivity (Wildman–Crippen MR) is 81.0 cm³/mol. The van der Waals surface area contributed by atoms with Crippen LogP contribution in [0.5, 0.6) is 5.75 Å². The molecule has 0 amide bonds. The van der Waals surface area contributed by atoms with Crippen molar-refractivity contribution in [2.75, 3.05) is 13.0 Å². The molecule has 2 atom stereocenters. The second kappa shape index (κ2) is 7.16. The van der Waals surface area contributed by atoms with Gasteiger partial charge in [-0.15, -0.1) is 11.6 Å². The van der Waals surface area contributed by atoms with Crippen LogP contribution in [0.4, 0.5) is 0 Å². The van der Waals surface area contributed by atoms with E-state index < -0.39 is 0 Å². The Morgan fingerprint density at radius 1 is 1.32 bits per heavy atom. The van der Waals surface area contributed by atoms with Gasteiger partial charge < -0.3 is 10.1 Å². The summed E-state index contributed by atoms with van der Waals surface area (Å²) in [6.45, 7) is 2.98. The van der Waals surface area contributed by atoms with E-state index in [2.05, 4.69) is 24.4 Å². The van der Waals surface area contributed by atoms with Crippen LogP contribution in [0.25, 0.3) is 0 Å². The Kier molecular flexibility index (Phi) is 5.53. The molecule has 1 aliphatic carbocycles. The van der Waals surface area contributed by atoms with E-state index in [0.29, 0.717) is 12.0 Å². The van der Waals surface area contributed by atoms with Gasteiger partial charge in [-0.05, 0) is 31.7 Å². The van der Waals surface area contributed by atoms with E-state index in [1.165, 1.54) is 36.8 Å². The van der Waals surface area contributed by atoms with Gasteiger partial charge in [0.25, 0.3) is 0 Å². The van der Waals surface area contributed by atoms with Crippen LogP contribution in [0.15, 0.2) is 18.2 Å². The first-order valence-electron chi connectivity index (χ1n) is 7.17. The highest BCUT2D eigenvalue weighted by molar-refractivity contribution is 6.18. The first-order valence-corrected chi connectivity index (χ1v) is 7.71. The fourth-order valence-electron chi connectivity index (χ4n) is 2.95. The number of benzene rings is 1. The fraction of sp³-hybridized carbons (Fsp3) is 0.625. The minimum Gasteiger partial charge on any atom is -0.496 e. The molecule has 1 saturated carbocycles. The first-order chi connectivity index (χ1) is 9.24. The van der Waals surface area contributed by atoms with Crippen molar-refractivity contribution < 1.29 is 4.74 Å². The molecular weight excluding hydrogens is 258 g/mol. The average Bonchev–Trinajstić information content (AvgIpc) is 2.45. The van der Waals surface area contributed by atoms with Crippen LogP contribution in [0.1, 0.15) is 36.8 Å². The average molecular weight is 282 g/mol. The summed E-state index contributed by atoms with van der Waals surface area (Å²) in [4.78, 5) is 0. The maximum Gasteiger partial charge on any atom is 0.123 e. The molecule has 1 aliphatic rings. The van der Waals surface area contributed by atoms with Gasteiger partial charge in [-0.3, -0.25) is 0 Å². The van der Waals surface area contributed by atoms with Gasteiger partial charge in [0, 0.05) is 24.0 Å². The largest absolute Gasteiger partial charge is 0.496 e. The summed E-state index contributed by atoms with van der Waals surface area (Å²) in [5.41, 5.74) is 2.51. The highest BCUT2D eigenvalue weighted by Crippen LogP contribution is 2.26. The lowest BCUT2D eigenvalue weighted by Crippen LogP contribution is -2.39. The molecule has 2 unspecified atom stereocenters. The van der Waals surface area contributed by atoms with Gasteiger partial charge in [-0.25, -0.2) is 0 Å². The maximum absolute atomic E-state index is 6.08. The smallest absolute Gasteiger partial charge is 0.123 e. The molecule has 19 heavy (non-hydrogen) atoms. The molecule has 2 nitrogen and oxygen atoms in total. The number of alkyl halides is 1. The SMILES string of the molecule is COc1ccc(C)cc1CNC1CCCCC1CCl. The summed E-state index contributed by atoms with van der Waals surface area (Å²) in [6, 6.07) is 6.89. The number of hydrogen-bond acceptors (Lipinski definition) is 2. The fourth-order valence-corrected chi connectivity index (χ4v) is 3.32. The third-order valence-corrected chi connectivity index (χ3v) is 4.49. The van der Waals surface area contributed by atoms with Crippen molar-refractivity contribution in [1.29, 1.82) is 0 Å². The van der Waals surface area contributed by atoms with Crippen LogP contribution >= 0.6 is 11.6 Å². The van der Waals surface area contributed by atoms with Crippen molar-refractivity contribution in [2.45, 2.75) is 45.2 Å². The Morgan fingerprint density at radius 3 is 2.84 bits per heavy atom. The van der Waals surface area contributed by atoms with Crippen LogP contribution in [0, 0.1) is 12.8 Å². The molecule has 0 heterocycles. The Hall–Kier alpha value is -0.730. The van der Waals surface area contributed by atoms with E-state index in [1.54, 1.807) is 7.11 Å². The maximum atomic E-state index is 6.08. The van der Waals surface area contributed by atoms with Crippen molar-refractivity contribution >= 4 is 11.6 Å². The summed E-state index contributed by atoms with van der Waals surface area (Å²) in [5.74, 6) is 2.35. The normalized spacial score (nSPS) is 23.3. The van der Waals surface area contributed by atoms with Crippen LogP contribution in [0.2, 0.25) is 0 Å². The van der Waals surface area contributed by atoms with Gasteiger partial charge in [0.1, 0.15) is 5.75 Å². The zero-order valence-electron chi connectivity index (χ0n) is 11.9. The topological polar surface area (TPSA) is 21.3 Å². The molecule has 1 aromatic rings. The lowest BCUT2D eigenvalue weighted by Gasteiger charge is -2.31. The minimum absolute atomic E-state index is 0.552. The molecule has 0 bridgehead atoms. The molecule has 3 heteroatoms. The zero-order valence-corrected chi connectivity index (χ0v) is 12.7. The van der Waals surface area contributed by atoms with E-state index in [-0.39, 0.29) is 0 Å². The summed E-state index contributed by atoms with van der Waals surface area (Å²) in [6.07, 6.45) is 5.14. The van der Waals surface area contributed by atoms with Gasteiger partial charge in [0.15, 0.2) is 0 Å². The van der Waals surface area contributed by atoms with Gasteiger partial charge >= 0.3 is 0 Å². The number of rotatable bonds is 5.